The Morgan fingerprint density at radius 2 is 1.88 bits per heavy atom. The molecule has 4 aromatic rings. The van der Waals surface area contributed by atoms with E-state index in [1.54, 1.807) is 19.2 Å². The number of allylic oxidation sites excluding steroid dienone is 1. The summed E-state index contributed by atoms with van der Waals surface area (Å²) in [6, 6.07) is 16.1. The van der Waals surface area contributed by atoms with Crippen molar-refractivity contribution >= 4 is 43.7 Å². The van der Waals surface area contributed by atoms with Gasteiger partial charge in [-0.05, 0) is 90.4 Å². The van der Waals surface area contributed by atoms with Gasteiger partial charge in [-0.2, -0.15) is 5.10 Å². The van der Waals surface area contributed by atoms with Crippen molar-refractivity contribution in [2.45, 2.75) is 52.7 Å². The number of benzene rings is 2. The molecule has 1 saturated heterocycles. The fourth-order valence-electron chi connectivity index (χ4n) is 6.26. The van der Waals surface area contributed by atoms with Gasteiger partial charge in [-0.15, -0.1) is 0 Å². The van der Waals surface area contributed by atoms with Crippen molar-refractivity contribution in [2.24, 2.45) is 0 Å². The topological polar surface area (TPSA) is 106 Å². The second kappa shape index (κ2) is 10.9. The van der Waals surface area contributed by atoms with Crippen LogP contribution in [-0.2, 0) is 21.4 Å². The quantitative estimate of drug-likeness (QED) is 0.329. The van der Waals surface area contributed by atoms with Gasteiger partial charge in [0, 0.05) is 42.8 Å². The molecule has 4 heterocycles. The number of piperidine rings is 1. The largest absolute Gasteiger partial charge is 0.472 e. The molecule has 1 N–H and O–H groups in total. The van der Waals surface area contributed by atoms with Crippen molar-refractivity contribution in [3.63, 3.8) is 0 Å². The van der Waals surface area contributed by atoms with Crippen molar-refractivity contribution in [1.29, 1.82) is 0 Å². The highest BCUT2D eigenvalue weighted by molar-refractivity contribution is 7.92. The van der Waals surface area contributed by atoms with E-state index in [1.165, 1.54) is 0 Å². The summed E-state index contributed by atoms with van der Waals surface area (Å²) in [7, 11) is -3.42. The van der Waals surface area contributed by atoms with Crippen LogP contribution in [0.4, 0.5) is 5.69 Å². The summed E-state index contributed by atoms with van der Waals surface area (Å²) in [5, 5.41) is 6.07. The Morgan fingerprint density at radius 1 is 1.10 bits per heavy atom. The highest BCUT2D eigenvalue weighted by Crippen LogP contribution is 2.43. The van der Waals surface area contributed by atoms with E-state index >= 15 is 0 Å². The Bertz CT molecular complexity index is 1830. The van der Waals surface area contributed by atoms with Gasteiger partial charge in [0.1, 0.15) is 6.61 Å². The molecule has 0 spiro atoms. The van der Waals surface area contributed by atoms with Gasteiger partial charge in [-0.3, -0.25) is 14.2 Å². The number of nitrogens with zero attached hydrogens (tertiary/aromatic N) is 4. The molecule has 0 unspecified atom stereocenters. The zero-order valence-corrected chi connectivity index (χ0v) is 25.2. The van der Waals surface area contributed by atoms with E-state index in [0.717, 1.165) is 82.2 Å². The number of aryl methyl sites for hydroxylation is 1. The van der Waals surface area contributed by atoms with Crippen molar-refractivity contribution in [3.05, 3.63) is 82.7 Å². The molecular formula is C32H35N5O4S. The average Bonchev–Trinajstić information content (AvgIpc) is 3.19. The second-order valence-electron chi connectivity index (χ2n) is 11.1. The molecule has 0 bridgehead atoms. The minimum absolute atomic E-state index is 0.120. The van der Waals surface area contributed by atoms with Gasteiger partial charge in [0.05, 0.1) is 23.5 Å². The fraction of sp³-hybridized carbons (Fsp3) is 0.344. The Balaban J connectivity index is 1.53. The average molecular weight is 586 g/mol. The standard InChI is InChI=1S/C32H35N5O4S/c1-5-26(22-8-6-9-24(16-22)35-42(4,39)40)31-27-10-7-13-33-32(27)41-19-23-17-30-28(18-29(23)31)20(2)34-37(30)25-11-14-36(15-12-25)21(3)38/h6-10,13,16-18,25,35H,5,11-12,14-15,19H2,1-4H3/b31-26+. The number of carbonyl (C=O) groups is 1. The summed E-state index contributed by atoms with van der Waals surface area (Å²) < 4.78 is 35.0. The van der Waals surface area contributed by atoms with Crippen LogP contribution in [0.5, 0.6) is 5.88 Å². The summed E-state index contributed by atoms with van der Waals surface area (Å²) in [5.41, 5.74) is 8.53. The molecule has 2 aromatic carbocycles. The molecule has 6 rings (SSSR count). The number of anilines is 1. The smallest absolute Gasteiger partial charge is 0.229 e. The van der Waals surface area contributed by atoms with E-state index in [2.05, 4.69) is 33.4 Å². The number of nitrogens with one attached hydrogen (secondary N) is 1. The van der Waals surface area contributed by atoms with Gasteiger partial charge in [-0.1, -0.05) is 19.1 Å². The SMILES string of the molecule is CC/C(=C1\c2cc3c(C)nn(C4CCN(C(C)=O)CC4)c3cc2COc2ncccc21)c1cccc(NS(C)(=O)=O)c1. The van der Waals surface area contributed by atoms with Crippen LogP contribution in [0.1, 0.15) is 67.1 Å². The lowest BCUT2D eigenvalue weighted by molar-refractivity contribution is -0.130. The van der Waals surface area contributed by atoms with Crippen molar-refractivity contribution in [1.82, 2.24) is 19.7 Å². The minimum Gasteiger partial charge on any atom is -0.472 e. The van der Waals surface area contributed by atoms with Gasteiger partial charge < -0.3 is 9.64 Å². The normalized spacial score (nSPS) is 16.8. The van der Waals surface area contributed by atoms with Gasteiger partial charge in [0.2, 0.25) is 21.8 Å². The van der Waals surface area contributed by atoms with Crippen molar-refractivity contribution in [2.75, 3.05) is 24.1 Å². The van der Waals surface area contributed by atoms with Crippen LogP contribution in [0, 0.1) is 6.92 Å². The number of fused-ring (bicyclic) bond motifs is 3. The second-order valence-corrected chi connectivity index (χ2v) is 12.8. The number of likely N-dealkylation sites (tertiary alicyclic amines) is 1. The van der Waals surface area contributed by atoms with Gasteiger partial charge in [-0.25, -0.2) is 13.4 Å². The van der Waals surface area contributed by atoms with Gasteiger partial charge in [0.15, 0.2) is 0 Å². The Kier molecular flexibility index (Phi) is 7.26. The van der Waals surface area contributed by atoms with Gasteiger partial charge >= 0.3 is 0 Å². The number of rotatable bonds is 5. The number of sulfonamides is 1. The Labute approximate surface area is 246 Å². The third kappa shape index (κ3) is 5.27. The number of aromatic nitrogens is 3. The first-order valence-electron chi connectivity index (χ1n) is 14.3. The molecule has 2 aliphatic rings. The molecule has 10 heteroatoms. The molecule has 42 heavy (non-hydrogen) atoms. The number of hydrogen-bond donors (Lipinski definition) is 1. The summed E-state index contributed by atoms with van der Waals surface area (Å²) in [5.74, 6) is 0.688. The number of carbonyl (C=O) groups excluding carboxylic acids is 1. The third-order valence-electron chi connectivity index (χ3n) is 8.22. The first-order valence-corrected chi connectivity index (χ1v) is 16.2. The molecule has 0 atom stereocenters. The molecule has 9 nitrogen and oxygen atoms in total. The van der Waals surface area contributed by atoms with E-state index in [-0.39, 0.29) is 11.9 Å². The highest BCUT2D eigenvalue weighted by atomic mass is 32.2. The molecule has 1 fully saturated rings. The molecule has 2 aromatic heterocycles. The number of ether oxygens (including phenoxy) is 1. The van der Waals surface area contributed by atoms with Crippen LogP contribution in [0.3, 0.4) is 0 Å². The van der Waals surface area contributed by atoms with E-state index in [9.17, 15) is 13.2 Å². The van der Waals surface area contributed by atoms with E-state index in [4.69, 9.17) is 9.84 Å². The lowest BCUT2D eigenvalue weighted by Crippen LogP contribution is -2.37. The predicted octanol–water partition coefficient (Wildman–Crippen LogP) is 5.56. The maximum Gasteiger partial charge on any atom is 0.229 e. The van der Waals surface area contributed by atoms with Crippen molar-refractivity contribution in [3.8, 4) is 5.88 Å². The molecule has 0 aliphatic carbocycles. The maximum absolute atomic E-state index is 12.0. The maximum atomic E-state index is 12.0. The van der Waals surface area contributed by atoms with Crippen LogP contribution in [-0.4, -0.2) is 53.3 Å². The van der Waals surface area contributed by atoms with E-state index in [0.29, 0.717) is 24.6 Å². The first kappa shape index (κ1) is 28.0. The van der Waals surface area contributed by atoms with Crippen LogP contribution >= 0.6 is 0 Å². The molecule has 2 aliphatic heterocycles. The summed E-state index contributed by atoms with van der Waals surface area (Å²) in [4.78, 5) is 18.4. The van der Waals surface area contributed by atoms with Crippen LogP contribution in [0.25, 0.3) is 22.0 Å². The fourth-order valence-corrected chi connectivity index (χ4v) is 6.81. The minimum atomic E-state index is -3.42. The number of pyridine rings is 1. The monoisotopic (exact) mass is 585 g/mol. The molecule has 0 radical (unpaired) electrons. The number of amides is 1. The van der Waals surface area contributed by atoms with Gasteiger partial charge in [0.25, 0.3) is 0 Å². The third-order valence-corrected chi connectivity index (χ3v) is 8.82. The predicted molar refractivity (Wildman–Crippen MR) is 165 cm³/mol. The molecule has 218 valence electrons. The Morgan fingerprint density at radius 3 is 2.60 bits per heavy atom. The summed E-state index contributed by atoms with van der Waals surface area (Å²) in [6.45, 7) is 7.60. The van der Waals surface area contributed by atoms with E-state index in [1.807, 2.05) is 42.2 Å². The number of hydrogen-bond acceptors (Lipinski definition) is 6. The summed E-state index contributed by atoms with van der Waals surface area (Å²) >= 11 is 0. The molecular weight excluding hydrogens is 550 g/mol. The van der Waals surface area contributed by atoms with Crippen LogP contribution in [0.2, 0.25) is 0 Å². The Hall–Kier alpha value is -4.18. The highest BCUT2D eigenvalue weighted by Gasteiger charge is 2.28. The van der Waals surface area contributed by atoms with E-state index < -0.39 is 10.0 Å². The molecule has 1 amide bonds. The van der Waals surface area contributed by atoms with Crippen LogP contribution < -0.4 is 9.46 Å². The lowest BCUT2D eigenvalue weighted by atomic mass is 9.86. The van der Waals surface area contributed by atoms with Crippen LogP contribution in [0.15, 0.2) is 54.7 Å². The molecule has 0 saturated carbocycles. The van der Waals surface area contributed by atoms with Crippen molar-refractivity contribution < 1.29 is 17.9 Å². The lowest BCUT2D eigenvalue weighted by Gasteiger charge is -2.31. The summed E-state index contributed by atoms with van der Waals surface area (Å²) in [6.07, 6.45) is 5.32. The zero-order valence-electron chi connectivity index (χ0n) is 24.3. The first-order chi connectivity index (χ1) is 20.1. The zero-order chi connectivity index (χ0) is 29.6.